The summed E-state index contributed by atoms with van der Waals surface area (Å²) in [4.78, 5) is 12.3. The van der Waals surface area contributed by atoms with E-state index in [0.717, 1.165) is 17.5 Å². The number of rotatable bonds is 10. The van der Waals surface area contributed by atoms with Crippen molar-refractivity contribution >= 4 is 29.1 Å². The molecule has 2 aromatic carbocycles. The Morgan fingerprint density at radius 3 is 2.70 bits per heavy atom. The van der Waals surface area contributed by atoms with E-state index in [1.54, 1.807) is 12.3 Å². The molecular weight excluding hydrogens is 394 g/mol. The van der Waals surface area contributed by atoms with Gasteiger partial charge in [-0.25, -0.2) is 0 Å². The van der Waals surface area contributed by atoms with Crippen LogP contribution in [0.5, 0.6) is 5.75 Å². The number of para-hydroxylation sites is 1. The summed E-state index contributed by atoms with van der Waals surface area (Å²) in [5.74, 6) is 0.684. The Labute approximate surface area is 182 Å². The number of hydrogen-bond donors (Lipinski definition) is 1. The highest BCUT2D eigenvalue weighted by Crippen LogP contribution is 2.24. The van der Waals surface area contributed by atoms with Crippen LogP contribution in [-0.2, 0) is 17.6 Å². The third-order valence-corrected chi connectivity index (χ3v) is 5.73. The standard InChI is InChI=1S/C24H27N3O2S/c1-3-5-8-18-11-13-19(14-12-18)16-22-23(28)26-24(30-22)27-25-17-20-9-6-7-10-21(20)29-15-4-2/h4,6-7,9-14,17,22H,2-3,5,8,15-16H2,1H3,(H,26,27,28)/b25-17-/t22-/m0/s1. The fraction of sp³-hybridized carbons (Fsp3) is 0.292. The second kappa shape index (κ2) is 11.4. The third-order valence-electron chi connectivity index (χ3n) is 4.66. The van der Waals surface area contributed by atoms with Crippen molar-refractivity contribution in [1.29, 1.82) is 0 Å². The minimum Gasteiger partial charge on any atom is -0.489 e. The average molecular weight is 422 g/mol. The van der Waals surface area contributed by atoms with Crippen LogP contribution in [0.25, 0.3) is 0 Å². The summed E-state index contributed by atoms with van der Waals surface area (Å²) >= 11 is 1.42. The lowest BCUT2D eigenvalue weighted by Crippen LogP contribution is -2.25. The van der Waals surface area contributed by atoms with Gasteiger partial charge in [-0.15, -0.1) is 5.10 Å². The molecule has 30 heavy (non-hydrogen) atoms. The lowest BCUT2D eigenvalue weighted by Gasteiger charge is -2.06. The maximum absolute atomic E-state index is 12.3. The highest BCUT2D eigenvalue weighted by molar-refractivity contribution is 8.15. The van der Waals surface area contributed by atoms with Gasteiger partial charge in [0.15, 0.2) is 5.17 Å². The first kappa shape index (κ1) is 21.8. The van der Waals surface area contributed by atoms with Gasteiger partial charge in [-0.05, 0) is 42.5 Å². The van der Waals surface area contributed by atoms with Crippen molar-refractivity contribution in [3.63, 3.8) is 0 Å². The van der Waals surface area contributed by atoms with E-state index in [9.17, 15) is 4.79 Å². The fourth-order valence-electron chi connectivity index (χ4n) is 3.03. The van der Waals surface area contributed by atoms with E-state index in [1.165, 1.54) is 30.2 Å². The highest BCUT2D eigenvalue weighted by atomic mass is 32.2. The zero-order chi connectivity index (χ0) is 21.2. The van der Waals surface area contributed by atoms with Crippen molar-refractivity contribution in [2.75, 3.05) is 6.61 Å². The molecule has 1 aliphatic rings. The molecule has 0 spiro atoms. The summed E-state index contributed by atoms with van der Waals surface area (Å²) in [5.41, 5.74) is 3.32. The number of benzene rings is 2. The summed E-state index contributed by atoms with van der Waals surface area (Å²) in [5, 5.41) is 11.4. The van der Waals surface area contributed by atoms with Gasteiger partial charge in [0, 0.05) is 5.56 Å². The molecule has 0 radical (unpaired) electrons. The van der Waals surface area contributed by atoms with Crippen molar-refractivity contribution in [1.82, 2.24) is 5.32 Å². The van der Waals surface area contributed by atoms with Gasteiger partial charge in [-0.2, -0.15) is 5.10 Å². The first-order valence-electron chi connectivity index (χ1n) is 10.2. The lowest BCUT2D eigenvalue weighted by atomic mass is 10.0. The molecule has 1 saturated heterocycles. The average Bonchev–Trinajstić information content (AvgIpc) is 3.11. The maximum atomic E-state index is 12.3. The molecule has 0 saturated carbocycles. The summed E-state index contributed by atoms with van der Waals surface area (Å²) in [7, 11) is 0. The Bertz CT molecular complexity index is 922. The number of nitrogens with one attached hydrogen (secondary N) is 1. The number of aryl methyl sites for hydroxylation is 1. The van der Waals surface area contributed by atoms with Crippen LogP contribution in [0.3, 0.4) is 0 Å². The largest absolute Gasteiger partial charge is 0.489 e. The molecule has 0 bridgehead atoms. The number of unbranched alkanes of at least 4 members (excludes halogenated alkanes) is 1. The molecule has 0 aromatic heterocycles. The molecule has 1 heterocycles. The van der Waals surface area contributed by atoms with Crippen LogP contribution in [0.1, 0.15) is 36.5 Å². The Hall–Kier alpha value is -2.86. The molecule has 156 valence electrons. The zero-order valence-electron chi connectivity index (χ0n) is 17.2. The van der Waals surface area contributed by atoms with Gasteiger partial charge in [0.1, 0.15) is 12.4 Å². The van der Waals surface area contributed by atoms with Crippen LogP contribution in [0, 0.1) is 0 Å². The van der Waals surface area contributed by atoms with E-state index >= 15 is 0 Å². The first-order chi connectivity index (χ1) is 14.7. The number of nitrogens with zero attached hydrogens (tertiary/aromatic N) is 2. The maximum Gasteiger partial charge on any atom is 0.239 e. The van der Waals surface area contributed by atoms with Gasteiger partial charge in [0.25, 0.3) is 0 Å². The molecule has 3 rings (SSSR count). The molecule has 1 aliphatic heterocycles. The summed E-state index contributed by atoms with van der Waals surface area (Å²) in [6, 6.07) is 16.1. The second-order valence-corrected chi connectivity index (χ2v) is 8.20. The summed E-state index contributed by atoms with van der Waals surface area (Å²) in [6.45, 7) is 6.28. The van der Waals surface area contributed by atoms with Crippen LogP contribution in [0.2, 0.25) is 0 Å². The summed E-state index contributed by atoms with van der Waals surface area (Å²) in [6.07, 6.45) is 7.49. The number of carbonyl (C=O) groups excluding carboxylic acids is 1. The molecule has 1 N–H and O–H groups in total. The number of amidine groups is 1. The minimum atomic E-state index is -0.191. The third kappa shape index (κ3) is 6.32. The highest BCUT2D eigenvalue weighted by Gasteiger charge is 2.30. The summed E-state index contributed by atoms with van der Waals surface area (Å²) < 4.78 is 5.61. The van der Waals surface area contributed by atoms with Gasteiger partial charge in [0.05, 0.1) is 11.5 Å². The van der Waals surface area contributed by atoms with Crippen molar-refractivity contribution in [2.24, 2.45) is 10.2 Å². The van der Waals surface area contributed by atoms with Gasteiger partial charge >= 0.3 is 0 Å². The van der Waals surface area contributed by atoms with Gasteiger partial charge in [0.2, 0.25) is 5.91 Å². The zero-order valence-corrected chi connectivity index (χ0v) is 18.0. The Balaban J connectivity index is 1.58. The van der Waals surface area contributed by atoms with Gasteiger partial charge < -0.3 is 10.1 Å². The predicted molar refractivity (Wildman–Crippen MR) is 125 cm³/mol. The van der Waals surface area contributed by atoms with E-state index in [4.69, 9.17) is 4.74 Å². The number of hydrogen-bond acceptors (Lipinski definition) is 5. The lowest BCUT2D eigenvalue weighted by molar-refractivity contribution is -0.118. The van der Waals surface area contributed by atoms with Gasteiger partial charge in [-0.1, -0.05) is 74.2 Å². The molecular formula is C24H27N3O2S. The van der Waals surface area contributed by atoms with Crippen molar-refractivity contribution < 1.29 is 9.53 Å². The smallest absolute Gasteiger partial charge is 0.239 e. The SMILES string of the molecule is C=CCOc1ccccc1/C=N\N=C1/NC(=O)[C@H](Cc2ccc(CCCC)cc2)S1. The first-order valence-corrected chi connectivity index (χ1v) is 11.1. The van der Waals surface area contributed by atoms with E-state index < -0.39 is 0 Å². The second-order valence-electron chi connectivity index (χ2n) is 7.01. The number of thioether (sulfide) groups is 1. The molecule has 0 unspecified atom stereocenters. The van der Waals surface area contributed by atoms with Crippen molar-refractivity contribution in [2.45, 2.75) is 37.9 Å². The molecule has 5 nitrogen and oxygen atoms in total. The molecule has 1 fully saturated rings. The van der Waals surface area contributed by atoms with Crippen LogP contribution in [0.4, 0.5) is 0 Å². The van der Waals surface area contributed by atoms with Crippen molar-refractivity contribution in [3.8, 4) is 5.75 Å². The number of amides is 1. The van der Waals surface area contributed by atoms with Crippen LogP contribution in [0.15, 0.2) is 71.4 Å². The normalized spacial score (nSPS) is 17.4. The van der Waals surface area contributed by atoms with Gasteiger partial charge in [-0.3, -0.25) is 4.79 Å². The van der Waals surface area contributed by atoms with Crippen LogP contribution < -0.4 is 10.1 Å². The van der Waals surface area contributed by atoms with Crippen LogP contribution >= 0.6 is 11.8 Å². The van der Waals surface area contributed by atoms with Crippen LogP contribution in [-0.4, -0.2) is 29.1 Å². The minimum absolute atomic E-state index is 0.0290. The fourth-order valence-corrected chi connectivity index (χ4v) is 4.00. The number of carbonyl (C=O) groups is 1. The number of ether oxygens (including phenoxy) is 1. The quantitative estimate of drug-likeness (QED) is 0.342. The Morgan fingerprint density at radius 1 is 1.17 bits per heavy atom. The Morgan fingerprint density at radius 2 is 1.93 bits per heavy atom. The predicted octanol–water partition coefficient (Wildman–Crippen LogP) is 4.76. The van der Waals surface area contributed by atoms with E-state index in [-0.39, 0.29) is 11.2 Å². The molecule has 6 heteroatoms. The molecule has 2 aromatic rings. The molecule has 0 aliphatic carbocycles. The van der Waals surface area contributed by atoms with E-state index in [2.05, 4.69) is 53.3 Å². The van der Waals surface area contributed by atoms with E-state index in [1.807, 2.05) is 24.3 Å². The topological polar surface area (TPSA) is 63.1 Å². The monoisotopic (exact) mass is 421 g/mol. The Kier molecular flexibility index (Phi) is 8.27. The molecule has 1 amide bonds. The molecule has 1 atom stereocenters. The van der Waals surface area contributed by atoms with Crippen molar-refractivity contribution in [3.05, 3.63) is 77.9 Å². The van der Waals surface area contributed by atoms with E-state index in [0.29, 0.717) is 23.9 Å².